The van der Waals surface area contributed by atoms with Crippen LogP contribution in [0.15, 0.2) is 12.2 Å². The van der Waals surface area contributed by atoms with Crippen LogP contribution in [-0.4, -0.2) is 65.0 Å². The van der Waals surface area contributed by atoms with Gasteiger partial charge >= 0.3 is 11.9 Å². The molecule has 0 heterocycles. The summed E-state index contributed by atoms with van der Waals surface area (Å²) in [5.41, 5.74) is 5.71. The SMILES string of the molecule is C=C(C)C(=O)NCC(=O)O.CC(C)CC(NC(=O)C(C)N)C(=O)NCC(=O)O. The highest BCUT2D eigenvalue weighted by atomic mass is 16.4. The molecule has 0 fully saturated rings. The maximum Gasteiger partial charge on any atom is 0.322 e. The second-order valence-electron chi connectivity index (χ2n) is 6.45. The second-order valence-corrected chi connectivity index (χ2v) is 6.45. The molecular weight excluding hydrogens is 372 g/mol. The molecule has 0 aromatic carbocycles. The van der Waals surface area contributed by atoms with E-state index in [1.54, 1.807) is 0 Å². The van der Waals surface area contributed by atoms with Crippen molar-refractivity contribution >= 4 is 29.7 Å². The van der Waals surface area contributed by atoms with E-state index in [0.717, 1.165) is 0 Å². The molecule has 0 rings (SSSR count). The zero-order valence-corrected chi connectivity index (χ0v) is 16.6. The van der Waals surface area contributed by atoms with E-state index < -0.39 is 48.3 Å². The summed E-state index contributed by atoms with van der Waals surface area (Å²) in [5.74, 6) is -3.40. The van der Waals surface area contributed by atoms with E-state index >= 15 is 0 Å². The van der Waals surface area contributed by atoms with Crippen molar-refractivity contribution in [1.29, 1.82) is 0 Å². The van der Waals surface area contributed by atoms with Gasteiger partial charge in [-0.25, -0.2) is 0 Å². The van der Waals surface area contributed by atoms with E-state index in [1.807, 2.05) is 13.8 Å². The molecule has 0 aromatic rings. The molecule has 28 heavy (non-hydrogen) atoms. The predicted octanol–water partition coefficient (Wildman–Crippen LogP) is -1.17. The zero-order chi connectivity index (χ0) is 22.4. The molecule has 0 bridgehead atoms. The lowest BCUT2D eigenvalue weighted by Crippen LogP contribution is -2.52. The molecule has 0 saturated carbocycles. The smallest absolute Gasteiger partial charge is 0.322 e. The summed E-state index contributed by atoms with van der Waals surface area (Å²) < 4.78 is 0. The first-order valence-electron chi connectivity index (χ1n) is 8.48. The second kappa shape index (κ2) is 14.2. The number of rotatable bonds is 10. The van der Waals surface area contributed by atoms with Gasteiger partial charge < -0.3 is 31.9 Å². The monoisotopic (exact) mass is 402 g/mol. The zero-order valence-electron chi connectivity index (χ0n) is 16.6. The Bertz CT molecular complexity index is 588. The first kappa shape index (κ1) is 27.3. The maximum atomic E-state index is 11.7. The first-order chi connectivity index (χ1) is 12.8. The van der Waals surface area contributed by atoms with Crippen molar-refractivity contribution in [3.63, 3.8) is 0 Å². The fraction of sp³-hybridized carbons (Fsp3) is 0.588. The molecule has 7 N–H and O–H groups in total. The number of hydrogen-bond acceptors (Lipinski definition) is 6. The third-order valence-electron chi connectivity index (χ3n) is 2.96. The Kier molecular flexibility index (Phi) is 13.8. The summed E-state index contributed by atoms with van der Waals surface area (Å²) in [5, 5.41) is 23.5. The van der Waals surface area contributed by atoms with E-state index in [1.165, 1.54) is 13.8 Å². The number of carboxylic acids is 2. The molecule has 0 radical (unpaired) electrons. The van der Waals surface area contributed by atoms with Crippen molar-refractivity contribution in [2.75, 3.05) is 13.1 Å². The minimum Gasteiger partial charge on any atom is -0.480 e. The van der Waals surface area contributed by atoms with Crippen molar-refractivity contribution in [3.8, 4) is 0 Å². The molecule has 2 atom stereocenters. The van der Waals surface area contributed by atoms with Crippen molar-refractivity contribution in [1.82, 2.24) is 16.0 Å². The van der Waals surface area contributed by atoms with Crippen LogP contribution >= 0.6 is 0 Å². The summed E-state index contributed by atoms with van der Waals surface area (Å²) >= 11 is 0. The molecule has 2 unspecified atom stereocenters. The Morgan fingerprint density at radius 3 is 1.75 bits per heavy atom. The number of aliphatic carboxylic acids is 2. The van der Waals surface area contributed by atoms with Crippen LogP contribution < -0.4 is 21.7 Å². The number of hydrogen-bond donors (Lipinski definition) is 6. The van der Waals surface area contributed by atoms with E-state index in [4.69, 9.17) is 15.9 Å². The lowest BCUT2D eigenvalue weighted by atomic mass is 10.0. The van der Waals surface area contributed by atoms with E-state index in [0.29, 0.717) is 12.0 Å². The normalized spacial score (nSPS) is 11.9. The molecule has 0 aliphatic rings. The summed E-state index contributed by atoms with van der Waals surface area (Å²) in [4.78, 5) is 54.0. The highest BCUT2D eigenvalue weighted by Gasteiger charge is 2.23. The number of carbonyl (C=O) groups is 5. The number of carbonyl (C=O) groups excluding carboxylic acids is 3. The van der Waals surface area contributed by atoms with Gasteiger partial charge in [0.15, 0.2) is 0 Å². The molecule has 160 valence electrons. The van der Waals surface area contributed by atoms with Crippen LogP contribution in [0.5, 0.6) is 0 Å². The molecule has 0 aliphatic heterocycles. The molecule has 0 spiro atoms. The Balaban J connectivity index is 0. The van der Waals surface area contributed by atoms with Crippen LogP contribution in [0.25, 0.3) is 0 Å². The molecule has 0 aromatic heterocycles. The van der Waals surface area contributed by atoms with E-state index in [9.17, 15) is 24.0 Å². The Hall–Kier alpha value is -2.95. The fourth-order valence-corrected chi connectivity index (χ4v) is 1.60. The van der Waals surface area contributed by atoms with Crippen molar-refractivity contribution in [2.45, 2.75) is 46.2 Å². The topological polar surface area (TPSA) is 188 Å². The molecule has 11 heteroatoms. The average molecular weight is 402 g/mol. The van der Waals surface area contributed by atoms with Crippen LogP contribution in [0, 0.1) is 5.92 Å². The average Bonchev–Trinajstić information content (AvgIpc) is 2.56. The van der Waals surface area contributed by atoms with Gasteiger partial charge in [-0.15, -0.1) is 0 Å². The highest BCUT2D eigenvalue weighted by Crippen LogP contribution is 2.05. The van der Waals surface area contributed by atoms with E-state index in [2.05, 4.69) is 22.5 Å². The van der Waals surface area contributed by atoms with Crippen molar-refractivity contribution in [3.05, 3.63) is 12.2 Å². The molecular formula is C17H30N4O7. The van der Waals surface area contributed by atoms with Crippen LogP contribution in [0.1, 0.15) is 34.1 Å². The minimum atomic E-state index is -1.13. The number of nitrogens with two attached hydrogens (primary N) is 1. The molecule has 3 amide bonds. The van der Waals surface area contributed by atoms with Crippen LogP contribution in [0.4, 0.5) is 0 Å². The highest BCUT2D eigenvalue weighted by molar-refractivity contribution is 5.93. The molecule has 0 aliphatic carbocycles. The Labute approximate surface area is 163 Å². The summed E-state index contributed by atoms with van der Waals surface area (Å²) in [7, 11) is 0. The summed E-state index contributed by atoms with van der Waals surface area (Å²) in [6, 6.07) is -1.48. The maximum absolute atomic E-state index is 11.7. The first-order valence-corrected chi connectivity index (χ1v) is 8.48. The van der Waals surface area contributed by atoms with Gasteiger partial charge in [0.1, 0.15) is 19.1 Å². The third kappa shape index (κ3) is 15.3. The van der Waals surface area contributed by atoms with Gasteiger partial charge in [-0.3, -0.25) is 24.0 Å². The van der Waals surface area contributed by atoms with Gasteiger partial charge in [0.05, 0.1) is 6.04 Å². The van der Waals surface area contributed by atoms with Crippen LogP contribution in [-0.2, 0) is 24.0 Å². The van der Waals surface area contributed by atoms with Crippen LogP contribution in [0.2, 0.25) is 0 Å². The molecule has 11 nitrogen and oxygen atoms in total. The standard InChI is InChI=1S/C11H21N3O4.C6H9NO3/c1-6(2)4-8(14-10(17)7(3)12)11(18)13-5-9(15)16;1-4(2)6(10)7-3-5(8)9/h6-8H,4-5,12H2,1-3H3,(H,13,18)(H,14,17)(H,15,16);1,3H2,2H3,(H,7,10)(H,8,9). The van der Waals surface area contributed by atoms with Crippen molar-refractivity contribution in [2.24, 2.45) is 11.7 Å². The quantitative estimate of drug-likeness (QED) is 0.246. The van der Waals surface area contributed by atoms with Crippen molar-refractivity contribution < 1.29 is 34.2 Å². The van der Waals surface area contributed by atoms with Gasteiger partial charge in [0.2, 0.25) is 17.7 Å². The number of nitrogens with one attached hydrogen (secondary N) is 3. The Morgan fingerprint density at radius 2 is 1.39 bits per heavy atom. The number of carboxylic acid groups (broad SMARTS) is 2. The van der Waals surface area contributed by atoms with E-state index in [-0.39, 0.29) is 12.5 Å². The van der Waals surface area contributed by atoms with Gasteiger partial charge in [-0.05, 0) is 26.2 Å². The third-order valence-corrected chi connectivity index (χ3v) is 2.96. The fourth-order valence-electron chi connectivity index (χ4n) is 1.60. The largest absolute Gasteiger partial charge is 0.480 e. The predicted molar refractivity (Wildman–Crippen MR) is 101 cm³/mol. The summed E-state index contributed by atoms with van der Waals surface area (Å²) in [6.45, 7) is 9.32. The van der Waals surface area contributed by atoms with Gasteiger partial charge in [0.25, 0.3) is 0 Å². The lowest BCUT2D eigenvalue weighted by molar-refractivity contribution is -0.138. The van der Waals surface area contributed by atoms with Gasteiger partial charge in [-0.1, -0.05) is 20.4 Å². The molecule has 0 saturated heterocycles. The minimum absolute atomic E-state index is 0.180. The van der Waals surface area contributed by atoms with Gasteiger partial charge in [-0.2, -0.15) is 0 Å². The summed E-state index contributed by atoms with van der Waals surface area (Å²) in [6.07, 6.45) is 0.421. The number of amides is 3. The lowest BCUT2D eigenvalue weighted by Gasteiger charge is -2.20. The van der Waals surface area contributed by atoms with Gasteiger partial charge in [0, 0.05) is 5.57 Å². The Morgan fingerprint density at radius 1 is 0.929 bits per heavy atom. The van der Waals surface area contributed by atoms with Crippen LogP contribution in [0.3, 0.4) is 0 Å².